The summed E-state index contributed by atoms with van der Waals surface area (Å²) in [6.45, 7) is 6.10. The van der Waals surface area contributed by atoms with Crippen molar-refractivity contribution in [2.24, 2.45) is 5.73 Å². The molecule has 4 N–H and O–H groups in total. The highest BCUT2D eigenvalue weighted by Gasteiger charge is 2.18. The molecular weight excluding hydrogens is 198 g/mol. The van der Waals surface area contributed by atoms with Gasteiger partial charge >= 0.3 is 0 Å². The van der Waals surface area contributed by atoms with Crippen LogP contribution < -0.4 is 11.5 Å². The molecule has 3 nitrogen and oxygen atoms in total. The Bertz CT molecular complexity index is 374. The number of hydrogen-bond acceptors (Lipinski definition) is 3. The summed E-state index contributed by atoms with van der Waals surface area (Å²) in [4.78, 5) is 2.46. The van der Waals surface area contributed by atoms with Crippen LogP contribution in [-0.4, -0.2) is 24.5 Å². The lowest BCUT2D eigenvalue weighted by Crippen LogP contribution is -2.32. The summed E-state index contributed by atoms with van der Waals surface area (Å²) in [6, 6.07) is 4.34. The number of nitrogens with two attached hydrogens (primary N) is 2. The second kappa shape index (κ2) is 4.85. The molecule has 0 amide bonds. The van der Waals surface area contributed by atoms with Crippen molar-refractivity contribution in [1.82, 2.24) is 4.90 Å². The number of anilines is 1. The molecule has 2 rings (SSSR count). The van der Waals surface area contributed by atoms with E-state index >= 15 is 0 Å². The minimum atomic E-state index is 0.777. The van der Waals surface area contributed by atoms with Gasteiger partial charge in [-0.05, 0) is 49.5 Å². The van der Waals surface area contributed by atoms with Gasteiger partial charge in [-0.15, -0.1) is 0 Å². The lowest BCUT2D eigenvalue weighted by molar-refractivity contribution is 0.253. The summed E-state index contributed by atoms with van der Waals surface area (Å²) < 4.78 is 0. The van der Waals surface area contributed by atoms with Gasteiger partial charge in [0, 0.05) is 18.8 Å². The Morgan fingerprint density at radius 3 is 2.94 bits per heavy atom. The molecule has 0 aliphatic carbocycles. The predicted octanol–water partition coefficient (Wildman–Crippen LogP) is 1.28. The summed E-state index contributed by atoms with van der Waals surface area (Å²) >= 11 is 0. The molecule has 0 unspecified atom stereocenters. The standard InChI is InChI=1S/C13H21N3/c1-10-3-4-11-9-16(7-2-6-14)8-5-12(11)13(10)15/h3-4H,2,5-9,14-15H2,1H3. The van der Waals surface area contributed by atoms with Crippen molar-refractivity contribution in [1.29, 1.82) is 0 Å². The van der Waals surface area contributed by atoms with Crippen molar-refractivity contribution < 1.29 is 0 Å². The molecule has 0 atom stereocenters. The van der Waals surface area contributed by atoms with E-state index in [0.717, 1.165) is 44.7 Å². The second-order valence-corrected chi connectivity index (χ2v) is 4.60. The second-order valence-electron chi connectivity index (χ2n) is 4.60. The zero-order valence-electron chi connectivity index (χ0n) is 10.00. The van der Waals surface area contributed by atoms with E-state index in [1.54, 1.807) is 0 Å². The Kier molecular flexibility index (Phi) is 3.46. The Morgan fingerprint density at radius 1 is 1.38 bits per heavy atom. The molecule has 16 heavy (non-hydrogen) atoms. The topological polar surface area (TPSA) is 55.3 Å². The maximum absolute atomic E-state index is 6.11. The maximum Gasteiger partial charge on any atom is 0.0380 e. The SMILES string of the molecule is Cc1ccc2c(c1N)CCN(CCCN)C2. The molecule has 1 aliphatic rings. The zero-order valence-corrected chi connectivity index (χ0v) is 10.00. The summed E-state index contributed by atoms with van der Waals surface area (Å²) in [5, 5.41) is 0. The third kappa shape index (κ3) is 2.20. The Hall–Kier alpha value is -1.06. The smallest absolute Gasteiger partial charge is 0.0380 e. The van der Waals surface area contributed by atoms with Crippen molar-refractivity contribution in [3.05, 3.63) is 28.8 Å². The first-order valence-corrected chi connectivity index (χ1v) is 6.01. The number of nitrogen functional groups attached to an aromatic ring is 1. The molecule has 1 aromatic rings. The van der Waals surface area contributed by atoms with Crippen LogP contribution in [0.2, 0.25) is 0 Å². The first kappa shape index (κ1) is 11.4. The van der Waals surface area contributed by atoms with Gasteiger partial charge < -0.3 is 11.5 Å². The van der Waals surface area contributed by atoms with E-state index in [2.05, 4.69) is 24.0 Å². The fourth-order valence-corrected chi connectivity index (χ4v) is 2.37. The molecular formula is C13H21N3. The van der Waals surface area contributed by atoms with Crippen LogP contribution in [0.1, 0.15) is 23.1 Å². The number of hydrogen-bond donors (Lipinski definition) is 2. The third-order valence-electron chi connectivity index (χ3n) is 3.42. The summed E-state index contributed by atoms with van der Waals surface area (Å²) in [5.41, 5.74) is 16.6. The molecule has 1 aliphatic heterocycles. The molecule has 1 aromatic carbocycles. The average Bonchev–Trinajstić information content (AvgIpc) is 2.31. The minimum absolute atomic E-state index is 0.777. The molecule has 0 bridgehead atoms. The van der Waals surface area contributed by atoms with Crippen molar-refractivity contribution in [2.45, 2.75) is 26.3 Å². The molecule has 1 heterocycles. The summed E-state index contributed by atoms with van der Waals surface area (Å²) in [7, 11) is 0. The van der Waals surface area contributed by atoms with Crippen molar-refractivity contribution in [3.63, 3.8) is 0 Å². The predicted molar refractivity (Wildman–Crippen MR) is 68.2 cm³/mol. The largest absolute Gasteiger partial charge is 0.398 e. The number of fused-ring (bicyclic) bond motifs is 1. The van der Waals surface area contributed by atoms with Gasteiger partial charge in [0.05, 0.1) is 0 Å². The van der Waals surface area contributed by atoms with E-state index in [9.17, 15) is 0 Å². The molecule has 0 saturated carbocycles. The van der Waals surface area contributed by atoms with Gasteiger partial charge in [-0.3, -0.25) is 4.90 Å². The van der Waals surface area contributed by atoms with Crippen LogP contribution in [0, 0.1) is 6.92 Å². The first-order chi connectivity index (χ1) is 7.72. The van der Waals surface area contributed by atoms with Gasteiger partial charge in [0.25, 0.3) is 0 Å². The van der Waals surface area contributed by atoms with E-state index < -0.39 is 0 Å². The highest BCUT2D eigenvalue weighted by Crippen LogP contribution is 2.26. The van der Waals surface area contributed by atoms with E-state index in [-0.39, 0.29) is 0 Å². The normalized spacial score (nSPS) is 16.1. The quantitative estimate of drug-likeness (QED) is 0.753. The fraction of sp³-hybridized carbons (Fsp3) is 0.538. The van der Waals surface area contributed by atoms with Crippen LogP contribution in [0.5, 0.6) is 0 Å². The average molecular weight is 219 g/mol. The number of nitrogens with zero attached hydrogens (tertiary/aromatic N) is 1. The molecule has 0 aromatic heterocycles. The van der Waals surface area contributed by atoms with Crippen molar-refractivity contribution >= 4 is 5.69 Å². The summed E-state index contributed by atoms with van der Waals surface area (Å²) in [6.07, 6.45) is 2.16. The van der Waals surface area contributed by atoms with E-state index in [0.29, 0.717) is 0 Å². The zero-order chi connectivity index (χ0) is 11.5. The van der Waals surface area contributed by atoms with E-state index in [1.807, 2.05) is 0 Å². The van der Waals surface area contributed by atoms with Crippen LogP contribution in [0.25, 0.3) is 0 Å². The Labute approximate surface area is 97.4 Å². The number of rotatable bonds is 3. The van der Waals surface area contributed by atoms with Crippen molar-refractivity contribution in [3.8, 4) is 0 Å². The van der Waals surface area contributed by atoms with Crippen LogP contribution >= 0.6 is 0 Å². The minimum Gasteiger partial charge on any atom is -0.398 e. The highest BCUT2D eigenvalue weighted by molar-refractivity contribution is 5.57. The Morgan fingerprint density at radius 2 is 2.19 bits per heavy atom. The monoisotopic (exact) mass is 219 g/mol. The molecule has 0 saturated heterocycles. The number of benzene rings is 1. The maximum atomic E-state index is 6.11. The van der Waals surface area contributed by atoms with Crippen molar-refractivity contribution in [2.75, 3.05) is 25.4 Å². The van der Waals surface area contributed by atoms with Crippen LogP contribution in [0.15, 0.2) is 12.1 Å². The van der Waals surface area contributed by atoms with Crippen LogP contribution in [0.3, 0.4) is 0 Å². The molecule has 88 valence electrons. The van der Waals surface area contributed by atoms with Gasteiger partial charge in [0.2, 0.25) is 0 Å². The van der Waals surface area contributed by atoms with E-state index in [1.165, 1.54) is 16.7 Å². The van der Waals surface area contributed by atoms with Gasteiger partial charge in [0.15, 0.2) is 0 Å². The van der Waals surface area contributed by atoms with Crippen LogP contribution in [-0.2, 0) is 13.0 Å². The summed E-state index contributed by atoms with van der Waals surface area (Å²) in [5.74, 6) is 0. The molecule has 3 heteroatoms. The van der Waals surface area contributed by atoms with Crippen LogP contribution in [0.4, 0.5) is 5.69 Å². The highest BCUT2D eigenvalue weighted by atomic mass is 15.1. The fourth-order valence-electron chi connectivity index (χ4n) is 2.37. The lowest BCUT2D eigenvalue weighted by atomic mass is 9.95. The molecule has 0 fully saturated rings. The third-order valence-corrected chi connectivity index (χ3v) is 3.42. The molecule has 0 radical (unpaired) electrons. The number of aryl methyl sites for hydroxylation is 1. The van der Waals surface area contributed by atoms with Gasteiger partial charge in [0.1, 0.15) is 0 Å². The van der Waals surface area contributed by atoms with Gasteiger partial charge in [-0.25, -0.2) is 0 Å². The van der Waals surface area contributed by atoms with Gasteiger partial charge in [-0.1, -0.05) is 12.1 Å². The van der Waals surface area contributed by atoms with Gasteiger partial charge in [-0.2, -0.15) is 0 Å². The first-order valence-electron chi connectivity index (χ1n) is 6.01. The lowest BCUT2D eigenvalue weighted by Gasteiger charge is -2.29. The van der Waals surface area contributed by atoms with E-state index in [4.69, 9.17) is 11.5 Å². The Balaban J connectivity index is 2.13. The molecule has 0 spiro atoms.